The molecule has 2 N–H and O–H groups in total. The Morgan fingerprint density at radius 1 is 1.17 bits per heavy atom. The highest BCUT2D eigenvalue weighted by Crippen LogP contribution is 2.31. The third-order valence-electron chi connectivity index (χ3n) is 3.51. The molecule has 3 rings (SSSR count). The zero-order chi connectivity index (χ0) is 16.9. The second kappa shape index (κ2) is 8.49. The third-order valence-corrected chi connectivity index (χ3v) is 6.18. The Bertz CT molecular complexity index is 817. The molecule has 1 aromatic carbocycles. The fraction of sp³-hybridized carbons (Fsp3) is 0.400. The number of benzene rings is 1. The number of aromatic nitrogens is 4. The van der Waals surface area contributed by atoms with Crippen molar-refractivity contribution in [2.45, 2.75) is 35.8 Å². The maximum Gasteiger partial charge on any atom is 0.235 e. The van der Waals surface area contributed by atoms with Crippen LogP contribution in [-0.2, 0) is 12.2 Å². The van der Waals surface area contributed by atoms with Crippen LogP contribution in [0, 0.1) is 0 Å². The number of halogens is 2. The quantitative estimate of drug-likeness (QED) is 0.445. The molecule has 0 aliphatic heterocycles. The predicted octanol–water partition coefficient (Wildman–Crippen LogP) is 4.46. The highest BCUT2D eigenvalue weighted by atomic mass is 35.5. The zero-order valence-electron chi connectivity index (χ0n) is 12.9. The second-order valence-corrected chi connectivity index (χ2v) is 8.32. The first-order valence-electron chi connectivity index (χ1n) is 7.65. The lowest BCUT2D eigenvalue weighted by Gasteiger charge is -2.02. The average molecular weight is 402 g/mol. The number of aryl methyl sites for hydroxylation is 1. The summed E-state index contributed by atoms with van der Waals surface area (Å²) in [5.74, 6) is 1.65. The monoisotopic (exact) mass is 401 g/mol. The second-order valence-electron chi connectivity index (χ2n) is 5.30. The van der Waals surface area contributed by atoms with Crippen LogP contribution >= 0.6 is 46.3 Å². The largest absolute Gasteiger partial charge is 0.330 e. The fourth-order valence-electron chi connectivity index (χ4n) is 2.24. The molecule has 0 aliphatic carbocycles. The molecule has 0 fully saturated rings. The van der Waals surface area contributed by atoms with Crippen LogP contribution in [0.1, 0.15) is 30.7 Å². The molecule has 2 aromatic heterocycles. The summed E-state index contributed by atoms with van der Waals surface area (Å²) in [4.78, 5) is 0.827. The van der Waals surface area contributed by atoms with E-state index in [-0.39, 0.29) is 0 Å². The molecular formula is C15H17Cl2N5S2. The molecule has 0 amide bonds. The van der Waals surface area contributed by atoms with E-state index in [2.05, 4.69) is 15.3 Å². The van der Waals surface area contributed by atoms with Crippen LogP contribution in [0.25, 0.3) is 4.96 Å². The Balaban J connectivity index is 1.64. The van der Waals surface area contributed by atoms with Crippen LogP contribution < -0.4 is 5.73 Å². The molecule has 5 nitrogen and oxygen atoms in total. The number of nitrogens with zero attached hydrogens (tertiary/aromatic N) is 4. The molecule has 2 heterocycles. The molecule has 128 valence electrons. The summed E-state index contributed by atoms with van der Waals surface area (Å²) in [5, 5.41) is 14.4. The van der Waals surface area contributed by atoms with Crippen LogP contribution in [-0.4, -0.2) is 26.4 Å². The van der Waals surface area contributed by atoms with Gasteiger partial charge in [0.05, 0.1) is 0 Å². The maximum absolute atomic E-state index is 6.21. The smallest absolute Gasteiger partial charge is 0.235 e. The molecule has 0 bridgehead atoms. The lowest BCUT2D eigenvalue weighted by molar-refractivity contribution is 0.654. The molecule has 3 aromatic rings. The first-order chi connectivity index (χ1) is 11.7. The molecule has 24 heavy (non-hydrogen) atoms. The van der Waals surface area contributed by atoms with Gasteiger partial charge < -0.3 is 5.73 Å². The van der Waals surface area contributed by atoms with E-state index in [0.29, 0.717) is 10.0 Å². The van der Waals surface area contributed by atoms with Gasteiger partial charge in [0.1, 0.15) is 0 Å². The Morgan fingerprint density at radius 3 is 2.83 bits per heavy atom. The van der Waals surface area contributed by atoms with Crippen molar-refractivity contribution >= 4 is 51.3 Å². The topological polar surface area (TPSA) is 69.1 Å². The zero-order valence-corrected chi connectivity index (χ0v) is 16.1. The van der Waals surface area contributed by atoms with Crippen molar-refractivity contribution in [2.75, 3.05) is 6.54 Å². The SMILES string of the molecule is NCCCCCc1nnc2sc(SCc3ccc(Cl)cc3Cl)nn12. The van der Waals surface area contributed by atoms with E-state index in [1.165, 1.54) is 0 Å². The number of hydrogen-bond donors (Lipinski definition) is 1. The lowest BCUT2D eigenvalue weighted by atomic mass is 10.2. The summed E-state index contributed by atoms with van der Waals surface area (Å²) >= 11 is 15.3. The van der Waals surface area contributed by atoms with E-state index in [0.717, 1.165) is 58.7 Å². The summed E-state index contributed by atoms with van der Waals surface area (Å²) in [5.41, 5.74) is 6.56. The van der Waals surface area contributed by atoms with Crippen molar-refractivity contribution in [2.24, 2.45) is 5.73 Å². The van der Waals surface area contributed by atoms with E-state index in [9.17, 15) is 0 Å². The van der Waals surface area contributed by atoms with Crippen molar-refractivity contribution in [1.29, 1.82) is 0 Å². The third kappa shape index (κ3) is 4.40. The van der Waals surface area contributed by atoms with Gasteiger partial charge in [0.2, 0.25) is 4.96 Å². The van der Waals surface area contributed by atoms with Gasteiger partial charge in [-0.2, -0.15) is 4.52 Å². The molecule has 0 atom stereocenters. The minimum Gasteiger partial charge on any atom is -0.330 e. The van der Waals surface area contributed by atoms with Crippen LogP contribution in [0.4, 0.5) is 0 Å². The van der Waals surface area contributed by atoms with Gasteiger partial charge >= 0.3 is 0 Å². The van der Waals surface area contributed by atoms with Gasteiger partial charge in [0.25, 0.3) is 0 Å². The number of thioether (sulfide) groups is 1. The maximum atomic E-state index is 6.21. The van der Waals surface area contributed by atoms with E-state index in [1.54, 1.807) is 29.2 Å². The Labute approximate surface area is 158 Å². The lowest BCUT2D eigenvalue weighted by Crippen LogP contribution is -2.00. The Morgan fingerprint density at radius 2 is 2.04 bits per heavy atom. The highest BCUT2D eigenvalue weighted by molar-refractivity contribution is 8.00. The first-order valence-corrected chi connectivity index (χ1v) is 10.2. The van der Waals surface area contributed by atoms with Gasteiger partial charge in [0, 0.05) is 22.2 Å². The van der Waals surface area contributed by atoms with Crippen molar-refractivity contribution < 1.29 is 0 Å². The molecule has 9 heteroatoms. The number of rotatable bonds is 8. The van der Waals surface area contributed by atoms with E-state index in [4.69, 9.17) is 28.9 Å². The highest BCUT2D eigenvalue weighted by Gasteiger charge is 2.12. The average Bonchev–Trinajstić information content (AvgIpc) is 3.12. The van der Waals surface area contributed by atoms with E-state index < -0.39 is 0 Å². The first kappa shape index (κ1) is 17.9. The molecule has 0 saturated heterocycles. The standard InChI is InChI=1S/C15H17Cl2N5S2/c16-11-6-5-10(12(17)8-11)9-23-15-21-22-13(4-2-1-3-7-18)19-20-14(22)24-15/h5-6,8H,1-4,7,9,18H2. The summed E-state index contributed by atoms with van der Waals surface area (Å²) in [7, 11) is 0. The van der Waals surface area contributed by atoms with Crippen molar-refractivity contribution in [3.8, 4) is 0 Å². The van der Waals surface area contributed by atoms with Crippen LogP contribution in [0.3, 0.4) is 0 Å². The Hall–Kier alpha value is -0.860. The van der Waals surface area contributed by atoms with Crippen LogP contribution in [0.2, 0.25) is 10.0 Å². The number of nitrogens with two attached hydrogens (primary N) is 1. The summed E-state index contributed by atoms with van der Waals surface area (Å²) in [6.45, 7) is 0.736. The molecule has 0 spiro atoms. The number of hydrogen-bond acceptors (Lipinski definition) is 6. The van der Waals surface area contributed by atoms with Crippen LogP contribution in [0.5, 0.6) is 0 Å². The van der Waals surface area contributed by atoms with Crippen molar-refractivity contribution in [3.05, 3.63) is 39.6 Å². The van der Waals surface area contributed by atoms with Gasteiger partial charge in [0.15, 0.2) is 10.2 Å². The molecule has 0 radical (unpaired) electrons. The van der Waals surface area contributed by atoms with E-state index >= 15 is 0 Å². The number of fused-ring (bicyclic) bond motifs is 1. The summed E-state index contributed by atoms with van der Waals surface area (Å²) < 4.78 is 2.80. The molecule has 0 saturated carbocycles. The predicted molar refractivity (Wildman–Crippen MR) is 101 cm³/mol. The van der Waals surface area contributed by atoms with Crippen molar-refractivity contribution in [1.82, 2.24) is 19.8 Å². The van der Waals surface area contributed by atoms with Gasteiger partial charge in [-0.05, 0) is 37.1 Å². The van der Waals surface area contributed by atoms with Gasteiger partial charge in [-0.3, -0.25) is 0 Å². The van der Waals surface area contributed by atoms with E-state index in [1.807, 2.05) is 16.6 Å². The molecule has 0 unspecified atom stereocenters. The van der Waals surface area contributed by atoms with Gasteiger partial charge in [-0.15, -0.1) is 15.3 Å². The normalized spacial score (nSPS) is 11.5. The minimum atomic E-state index is 0.645. The van der Waals surface area contributed by atoms with Gasteiger partial charge in [-0.25, -0.2) is 0 Å². The Kier molecular flexibility index (Phi) is 6.35. The minimum absolute atomic E-state index is 0.645. The fourth-order valence-corrected chi connectivity index (χ4v) is 4.69. The van der Waals surface area contributed by atoms with Crippen LogP contribution in [0.15, 0.2) is 22.5 Å². The molecule has 0 aliphatic rings. The molecular weight excluding hydrogens is 385 g/mol. The summed E-state index contributed by atoms with van der Waals surface area (Å²) in [6, 6.07) is 5.55. The van der Waals surface area contributed by atoms with Gasteiger partial charge in [-0.1, -0.05) is 58.8 Å². The summed E-state index contributed by atoms with van der Waals surface area (Å²) in [6.07, 6.45) is 4.07. The van der Waals surface area contributed by atoms with Crippen molar-refractivity contribution in [3.63, 3.8) is 0 Å². The number of unbranched alkanes of at least 4 members (excludes halogenated alkanes) is 2.